The second-order valence-corrected chi connectivity index (χ2v) is 3.10. The second kappa shape index (κ2) is 3.06. The molecule has 0 saturated heterocycles. The lowest BCUT2D eigenvalue weighted by Gasteiger charge is -2.12. The van der Waals surface area contributed by atoms with Crippen molar-refractivity contribution < 1.29 is 9.59 Å². The van der Waals surface area contributed by atoms with Gasteiger partial charge < -0.3 is 5.73 Å². The molecule has 1 amide bonds. The van der Waals surface area contributed by atoms with E-state index in [1.54, 1.807) is 18.5 Å². The minimum atomic E-state index is -0.669. The number of hydrogen-bond donors (Lipinski definition) is 1. The van der Waals surface area contributed by atoms with Gasteiger partial charge in [0.15, 0.2) is 5.78 Å². The van der Waals surface area contributed by atoms with Crippen molar-refractivity contribution in [3.05, 3.63) is 35.2 Å². The summed E-state index contributed by atoms with van der Waals surface area (Å²) in [5.41, 5.74) is 6.82. The molecule has 0 unspecified atom stereocenters. The average molecular weight is 188 g/mol. The van der Waals surface area contributed by atoms with E-state index in [0.717, 1.165) is 11.1 Å². The van der Waals surface area contributed by atoms with Gasteiger partial charge in [-0.15, -0.1) is 0 Å². The van der Waals surface area contributed by atoms with Crippen LogP contribution in [0.5, 0.6) is 0 Å². The number of amides is 1. The predicted molar refractivity (Wildman–Crippen MR) is 50.1 cm³/mol. The van der Waals surface area contributed by atoms with Gasteiger partial charge in [-0.3, -0.25) is 14.6 Å². The molecule has 4 heteroatoms. The van der Waals surface area contributed by atoms with E-state index in [4.69, 9.17) is 5.73 Å². The van der Waals surface area contributed by atoms with Crippen LogP contribution < -0.4 is 5.73 Å². The summed E-state index contributed by atoms with van der Waals surface area (Å²) in [7, 11) is 0. The standard InChI is InChI=1S/C10H8N2O2/c11-10(14)8-3-6-1-2-12-5-7(6)4-9(8)13/h1-3,5H,4H2,(H2,11,14). The maximum atomic E-state index is 11.4. The molecule has 14 heavy (non-hydrogen) atoms. The Morgan fingerprint density at radius 1 is 1.50 bits per heavy atom. The van der Waals surface area contributed by atoms with Gasteiger partial charge in [-0.1, -0.05) is 0 Å². The largest absolute Gasteiger partial charge is 0.365 e. The highest BCUT2D eigenvalue weighted by molar-refractivity contribution is 6.23. The van der Waals surface area contributed by atoms with Gasteiger partial charge in [0.05, 0.1) is 5.57 Å². The van der Waals surface area contributed by atoms with Crippen molar-refractivity contribution in [3.8, 4) is 0 Å². The van der Waals surface area contributed by atoms with Crippen LogP contribution in [0.2, 0.25) is 0 Å². The van der Waals surface area contributed by atoms with Crippen molar-refractivity contribution in [2.45, 2.75) is 6.42 Å². The molecule has 0 aromatic carbocycles. The van der Waals surface area contributed by atoms with Crippen LogP contribution in [0, 0.1) is 0 Å². The van der Waals surface area contributed by atoms with Crippen molar-refractivity contribution in [2.24, 2.45) is 5.73 Å². The maximum Gasteiger partial charge on any atom is 0.252 e. The van der Waals surface area contributed by atoms with E-state index < -0.39 is 5.91 Å². The highest BCUT2D eigenvalue weighted by Crippen LogP contribution is 2.19. The second-order valence-electron chi connectivity index (χ2n) is 3.10. The SMILES string of the molecule is NC(=O)C1=Cc2ccncc2CC1=O. The molecule has 70 valence electrons. The van der Waals surface area contributed by atoms with Crippen LogP contribution in [0.4, 0.5) is 0 Å². The summed E-state index contributed by atoms with van der Waals surface area (Å²) in [5.74, 6) is -0.907. The van der Waals surface area contributed by atoms with E-state index in [1.807, 2.05) is 0 Å². The summed E-state index contributed by atoms with van der Waals surface area (Å²) in [4.78, 5) is 26.2. The van der Waals surface area contributed by atoms with E-state index in [2.05, 4.69) is 4.98 Å². The van der Waals surface area contributed by atoms with Crippen molar-refractivity contribution >= 4 is 17.8 Å². The van der Waals surface area contributed by atoms with Crippen molar-refractivity contribution in [1.29, 1.82) is 0 Å². The van der Waals surface area contributed by atoms with Gasteiger partial charge in [0.1, 0.15) is 0 Å². The molecule has 4 nitrogen and oxygen atoms in total. The fourth-order valence-electron chi connectivity index (χ4n) is 1.44. The zero-order valence-electron chi connectivity index (χ0n) is 7.36. The smallest absolute Gasteiger partial charge is 0.252 e. The number of hydrogen-bond acceptors (Lipinski definition) is 3. The third-order valence-electron chi connectivity index (χ3n) is 2.16. The third kappa shape index (κ3) is 1.31. The molecule has 2 N–H and O–H groups in total. The Morgan fingerprint density at radius 3 is 3.00 bits per heavy atom. The lowest BCUT2D eigenvalue weighted by atomic mass is 9.92. The molecule has 1 aliphatic carbocycles. The van der Waals surface area contributed by atoms with Gasteiger partial charge in [0.2, 0.25) is 0 Å². The maximum absolute atomic E-state index is 11.4. The van der Waals surface area contributed by atoms with Crippen molar-refractivity contribution in [1.82, 2.24) is 4.98 Å². The van der Waals surface area contributed by atoms with Crippen molar-refractivity contribution in [2.75, 3.05) is 0 Å². The Balaban J connectivity index is 2.54. The molecule has 0 radical (unpaired) electrons. The number of Topliss-reactive ketones (excluding diaryl/α,β-unsaturated/α-hetero) is 1. The topological polar surface area (TPSA) is 73.1 Å². The van der Waals surface area contributed by atoms with Gasteiger partial charge in [0.25, 0.3) is 5.91 Å². The van der Waals surface area contributed by atoms with Crippen LogP contribution in [0.15, 0.2) is 24.0 Å². The first-order valence-electron chi connectivity index (χ1n) is 4.16. The molecular weight excluding hydrogens is 180 g/mol. The molecule has 1 aromatic heterocycles. The van der Waals surface area contributed by atoms with E-state index in [-0.39, 0.29) is 17.8 Å². The van der Waals surface area contributed by atoms with Crippen LogP contribution in [-0.2, 0) is 16.0 Å². The van der Waals surface area contributed by atoms with E-state index in [9.17, 15) is 9.59 Å². The number of ketones is 1. The predicted octanol–water partition coefficient (Wildman–Crippen LogP) is 0.0755. The summed E-state index contributed by atoms with van der Waals surface area (Å²) in [6, 6.07) is 1.75. The summed E-state index contributed by atoms with van der Waals surface area (Å²) < 4.78 is 0. The molecule has 1 heterocycles. The lowest BCUT2D eigenvalue weighted by Crippen LogP contribution is -2.24. The summed E-state index contributed by atoms with van der Waals surface area (Å²) in [5, 5.41) is 0. The number of fused-ring (bicyclic) bond motifs is 1. The molecule has 0 saturated carbocycles. The number of primary amides is 1. The number of carbonyl (C=O) groups excluding carboxylic acids is 2. The van der Waals surface area contributed by atoms with Gasteiger partial charge in [0, 0.05) is 18.8 Å². The Labute approximate surface area is 80.4 Å². The zero-order valence-corrected chi connectivity index (χ0v) is 7.36. The molecule has 0 bridgehead atoms. The summed E-state index contributed by atoms with van der Waals surface area (Å²) in [6.45, 7) is 0. The Hall–Kier alpha value is -1.97. The molecule has 1 aromatic rings. The van der Waals surface area contributed by atoms with Crippen LogP contribution >= 0.6 is 0 Å². The first-order valence-corrected chi connectivity index (χ1v) is 4.16. The minimum absolute atomic E-state index is 0.0729. The first kappa shape index (κ1) is 8.62. The molecular formula is C10H8N2O2. The minimum Gasteiger partial charge on any atom is -0.365 e. The molecule has 0 aliphatic heterocycles. The van der Waals surface area contributed by atoms with Gasteiger partial charge in [-0.2, -0.15) is 0 Å². The number of aromatic nitrogens is 1. The zero-order chi connectivity index (χ0) is 10.1. The van der Waals surface area contributed by atoms with E-state index >= 15 is 0 Å². The van der Waals surface area contributed by atoms with Crippen LogP contribution in [-0.4, -0.2) is 16.7 Å². The molecule has 1 aliphatic rings. The lowest BCUT2D eigenvalue weighted by molar-refractivity contribution is -0.120. The Morgan fingerprint density at radius 2 is 2.29 bits per heavy atom. The number of carbonyl (C=O) groups is 2. The van der Waals surface area contributed by atoms with Crippen LogP contribution in [0.3, 0.4) is 0 Å². The molecule has 0 atom stereocenters. The van der Waals surface area contributed by atoms with Gasteiger partial charge >= 0.3 is 0 Å². The monoisotopic (exact) mass is 188 g/mol. The number of rotatable bonds is 1. The first-order chi connectivity index (χ1) is 6.68. The summed E-state index contributed by atoms with van der Waals surface area (Å²) in [6.07, 6.45) is 4.97. The quantitative estimate of drug-likeness (QED) is 0.634. The Bertz CT molecular complexity index is 449. The third-order valence-corrected chi connectivity index (χ3v) is 2.16. The fraction of sp³-hybridized carbons (Fsp3) is 0.100. The highest BCUT2D eigenvalue weighted by Gasteiger charge is 2.21. The highest BCUT2D eigenvalue weighted by atomic mass is 16.2. The molecule has 2 rings (SSSR count). The molecule has 0 spiro atoms. The fourth-order valence-corrected chi connectivity index (χ4v) is 1.44. The molecule has 0 fully saturated rings. The summed E-state index contributed by atoms with van der Waals surface area (Å²) >= 11 is 0. The number of nitrogens with zero attached hydrogens (tertiary/aromatic N) is 1. The van der Waals surface area contributed by atoms with Crippen LogP contribution in [0.1, 0.15) is 11.1 Å². The average Bonchev–Trinajstić information content (AvgIpc) is 2.16. The number of pyridine rings is 1. The van der Waals surface area contributed by atoms with Gasteiger partial charge in [-0.05, 0) is 23.3 Å². The number of nitrogens with two attached hydrogens (primary N) is 1. The van der Waals surface area contributed by atoms with E-state index in [1.165, 1.54) is 6.08 Å². The van der Waals surface area contributed by atoms with Gasteiger partial charge in [-0.25, -0.2) is 0 Å². The van der Waals surface area contributed by atoms with Crippen LogP contribution in [0.25, 0.3) is 6.08 Å². The van der Waals surface area contributed by atoms with Crippen molar-refractivity contribution in [3.63, 3.8) is 0 Å². The van der Waals surface area contributed by atoms with E-state index in [0.29, 0.717) is 0 Å². The Kier molecular flexibility index (Phi) is 1.89. The normalized spacial score (nSPS) is 14.6.